The molecule has 0 aromatic rings. The molecule has 21 heavy (non-hydrogen) atoms. The van der Waals surface area contributed by atoms with Gasteiger partial charge in [0.15, 0.2) is 0 Å². The number of unbranched alkanes of at least 4 members (excludes halogenated alkanes) is 2. The van der Waals surface area contributed by atoms with E-state index in [2.05, 4.69) is 13.8 Å². The van der Waals surface area contributed by atoms with Gasteiger partial charge in [-0.2, -0.15) is 0 Å². The first kappa shape index (κ1) is 19.6. The average Bonchev–Trinajstić information content (AvgIpc) is 2.47. The summed E-state index contributed by atoms with van der Waals surface area (Å²) in [5.74, 6) is 0. The van der Waals surface area contributed by atoms with Crippen LogP contribution < -0.4 is 0 Å². The Balaban J connectivity index is 4.50. The Kier molecular flexibility index (Phi) is 12.7. The van der Waals surface area contributed by atoms with E-state index in [0.717, 1.165) is 25.7 Å². The van der Waals surface area contributed by atoms with Crippen LogP contribution in [-0.4, -0.2) is 13.6 Å². The molecule has 0 atom stereocenters. The zero-order chi connectivity index (χ0) is 15.9. The van der Waals surface area contributed by atoms with Crippen molar-refractivity contribution in [1.29, 1.82) is 0 Å². The third-order valence-corrected chi connectivity index (χ3v) is 5.14. The quantitative estimate of drug-likeness (QED) is 0.239. The molecule has 4 heteroatoms. The van der Waals surface area contributed by atoms with Gasteiger partial charge in [-0.1, -0.05) is 0 Å². The summed E-state index contributed by atoms with van der Waals surface area (Å²) >= 11 is -2.77. The zero-order valence-electron chi connectivity index (χ0n) is 12.6. The van der Waals surface area contributed by atoms with E-state index in [4.69, 9.17) is 0 Å². The van der Waals surface area contributed by atoms with E-state index in [-0.39, 0.29) is 8.76 Å². The fourth-order valence-corrected chi connectivity index (χ4v) is 3.02. The van der Waals surface area contributed by atoms with Gasteiger partial charge in [0.05, 0.1) is 0 Å². The first-order chi connectivity index (χ1) is 10.2. The summed E-state index contributed by atoms with van der Waals surface area (Å²) < 4.78 is -0.689. The molecule has 0 aliphatic carbocycles. The molecule has 0 heterocycles. The third-order valence-electron chi connectivity index (χ3n) is 2.31. The predicted molar refractivity (Wildman–Crippen MR) is 83.1 cm³/mol. The average molecular weight is 376 g/mol. The molecule has 0 unspecified atom stereocenters. The van der Waals surface area contributed by atoms with E-state index in [1.807, 2.05) is 12.2 Å². The molecule has 0 amide bonds. The summed E-state index contributed by atoms with van der Waals surface area (Å²) in [4.78, 5) is 35.2. The Labute approximate surface area is 132 Å². The SMILES string of the molecule is CCCC=CC=C[C](=O)[Ru]([CH]=O)[C](=O)C=CC=CCCC. The Bertz CT molecular complexity index is 407. The molecule has 0 radical (unpaired) electrons. The van der Waals surface area contributed by atoms with Gasteiger partial charge < -0.3 is 0 Å². The van der Waals surface area contributed by atoms with E-state index >= 15 is 0 Å². The van der Waals surface area contributed by atoms with Crippen LogP contribution in [0.15, 0.2) is 48.6 Å². The predicted octanol–water partition coefficient (Wildman–Crippen LogP) is 3.67. The van der Waals surface area contributed by atoms with Crippen LogP contribution in [0.2, 0.25) is 0 Å². The van der Waals surface area contributed by atoms with Crippen LogP contribution in [0.4, 0.5) is 0 Å². The molecule has 0 fully saturated rings. The second-order valence-corrected chi connectivity index (χ2v) is 7.67. The maximum atomic E-state index is 11.8. The van der Waals surface area contributed by atoms with Crippen LogP contribution >= 0.6 is 0 Å². The van der Waals surface area contributed by atoms with Crippen LogP contribution in [-0.2, 0) is 30.3 Å². The number of hydrogen-bond donors (Lipinski definition) is 0. The van der Waals surface area contributed by atoms with Gasteiger partial charge in [0.25, 0.3) is 0 Å². The molecule has 0 saturated carbocycles. The van der Waals surface area contributed by atoms with Crippen LogP contribution in [0.1, 0.15) is 39.5 Å². The Morgan fingerprint density at radius 3 is 1.57 bits per heavy atom. The summed E-state index contributed by atoms with van der Waals surface area (Å²) in [6.45, 7) is 4.13. The Morgan fingerprint density at radius 2 is 1.24 bits per heavy atom. The van der Waals surface area contributed by atoms with Gasteiger partial charge in [-0.3, -0.25) is 0 Å². The monoisotopic (exact) mass is 377 g/mol. The molecule has 3 nitrogen and oxygen atoms in total. The minimum absolute atomic E-state index is 0.344. The second-order valence-electron chi connectivity index (χ2n) is 4.11. The molecular formula is C17H23O3Ru. The molecule has 0 rings (SSSR count). The summed E-state index contributed by atoms with van der Waals surface area (Å²) in [6, 6.07) is 0. The Morgan fingerprint density at radius 1 is 0.810 bits per heavy atom. The number of allylic oxidation sites excluding steroid dienone is 8. The standard InChI is InChI=1S/2C8H11O.CHO.Ru/c2*1-2-3-4-5-6-7-8-9;1-2;/h2*4-7H,2-3H2,1H3;1H;. The van der Waals surface area contributed by atoms with Crippen LogP contribution in [0.3, 0.4) is 0 Å². The molecule has 0 saturated heterocycles. The molecule has 0 spiro atoms. The van der Waals surface area contributed by atoms with E-state index in [9.17, 15) is 14.4 Å². The van der Waals surface area contributed by atoms with Crippen LogP contribution in [0.25, 0.3) is 0 Å². The fraction of sp³-hybridized carbons (Fsp3) is 0.353. The molecule has 0 aromatic heterocycles. The van der Waals surface area contributed by atoms with Crippen molar-refractivity contribution in [3.05, 3.63) is 48.6 Å². The van der Waals surface area contributed by atoms with E-state index < -0.39 is 16.0 Å². The minimum atomic E-state index is -2.77. The van der Waals surface area contributed by atoms with Crippen molar-refractivity contribution in [1.82, 2.24) is 0 Å². The van der Waals surface area contributed by atoms with Gasteiger partial charge in [0.2, 0.25) is 0 Å². The summed E-state index contributed by atoms with van der Waals surface area (Å²) in [5, 5.41) is 0. The van der Waals surface area contributed by atoms with Gasteiger partial charge in [0.1, 0.15) is 0 Å². The molecule has 0 aromatic carbocycles. The van der Waals surface area contributed by atoms with Gasteiger partial charge >= 0.3 is 132 Å². The van der Waals surface area contributed by atoms with E-state index in [0.29, 0.717) is 4.88 Å². The van der Waals surface area contributed by atoms with Crippen molar-refractivity contribution in [2.75, 3.05) is 0 Å². The topological polar surface area (TPSA) is 51.2 Å². The summed E-state index contributed by atoms with van der Waals surface area (Å²) in [6.07, 6.45) is 17.3. The van der Waals surface area contributed by atoms with Gasteiger partial charge in [-0.15, -0.1) is 0 Å². The molecule has 0 N–H and O–H groups in total. The van der Waals surface area contributed by atoms with Gasteiger partial charge in [0, 0.05) is 0 Å². The first-order valence-corrected chi connectivity index (χ1v) is 9.75. The summed E-state index contributed by atoms with van der Waals surface area (Å²) in [5.41, 5.74) is 0. The Hall–Kier alpha value is -1.41. The van der Waals surface area contributed by atoms with Crippen LogP contribution in [0.5, 0.6) is 0 Å². The van der Waals surface area contributed by atoms with Crippen molar-refractivity contribution in [2.24, 2.45) is 0 Å². The normalized spacial score (nSPS) is 12.8. The summed E-state index contributed by atoms with van der Waals surface area (Å²) in [7, 11) is 0. The number of carbonyl (C=O) groups excluding carboxylic acids is 3. The van der Waals surface area contributed by atoms with Crippen molar-refractivity contribution in [3.63, 3.8) is 0 Å². The van der Waals surface area contributed by atoms with Crippen molar-refractivity contribution in [3.8, 4) is 0 Å². The first-order valence-electron chi connectivity index (χ1n) is 7.01. The van der Waals surface area contributed by atoms with E-state index in [1.54, 1.807) is 24.3 Å². The van der Waals surface area contributed by atoms with Crippen molar-refractivity contribution >= 4 is 13.6 Å². The number of carbonyl (C=O) groups is 3. The number of hydrogen-bond acceptors (Lipinski definition) is 3. The molecule has 0 bridgehead atoms. The fourth-order valence-electron chi connectivity index (χ4n) is 1.24. The molecule has 117 valence electrons. The zero-order valence-corrected chi connectivity index (χ0v) is 14.3. The van der Waals surface area contributed by atoms with Crippen molar-refractivity contribution < 1.29 is 30.3 Å². The number of rotatable bonds is 11. The molecular weight excluding hydrogens is 353 g/mol. The molecule has 0 aliphatic heterocycles. The molecule has 0 aliphatic rings. The third kappa shape index (κ3) is 10.0. The van der Waals surface area contributed by atoms with Crippen molar-refractivity contribution in [2.45, 2.75) is 39.5 Å². The second kappa shape index (κ2) is 13.6. The van der Waals surface area contributed by atoms with Gasteiger partial charge in [-0.05, 0) is 0 Å². The van der Waals surface area contributed by atoms with Gasteiger partial charge in [-0.25, -0.2) is 0 Å². The van der Waals surface area contributed by atoms with E-state index in [1.165, 1.54) is 12.2 Å². The van der Waals surface area contributed by atoms with Crippen LogP contribution in [0, 0.1) is 0 Å². The maximum absolute atomic E-state index is 11.8.